The summed E-state index contributed by atoms with van der Waals surface area (Å²) < 4.78 is 25.7. The molecule has 0 spiro atoms. The monoisotopic (exact) mass is 245 g/mol. The Morgan fingerprint density at radius 2 is 2.25 bits per heavy atom. The molecule has 0 atom stereocenters. The van der Waals surface area contributed by atoms with Gasteiger partial charge in [0.25, 0.3) is 10.0 Å². The molecule has 1 aromatic heterocycles. The first-order valence-electron chi connectivity index (χ1n) is 4.72. The number of imidazole rings is 1. The van der Waals surface area contributed by atoms with E-state index in [0.29, 0.717) is 19.3 Å². The predicted octanol–water partition coefficient (Wildman–Crippen LogP) is -0.305. The van der Waals surface area contributed by atoms with Crippen molar-refractivity contribution in [3.8, 4) is 0 Å². The minimum Gasteiger partial charge on any atom is -0.480 e. The molecule has 7 nitrogen and oxygen atoms in total. The summed E-state index contributed by atoms with van der Waals surface area (Å²) in [5, 5.41) is 8.87. The van der Waals surface area contributed by atoms with Gasteiger partial charge in [0.1, 0.15) is 5.54 Å². The molecule has 1 fully saturated rings. The molecule has 1 heterocycles. The second-order valence-electron chi connectivity index (χ2n) is 3.76. The first-order valence-corrected chi connectivity index (χ1v) is 6.20. The highest BCUT2D eigenvalue weighted by atomic mass is 32.2. The van der Waals surface area contributed by atoms with Crippen LogP contribution in [0.25, 0.3) is 0 Å². The number of rotatable bonds is 4. The Hall–Kier alpha value is -1.41. The van der Waals surface area contributed by atoms with Gasteiger partial charge in [-0.05, 0) is 19.3 Å². The second-order valence-corrected chi connectivity index (χ2v) is 5.41. The van der Waals surface area contributed by atoms with Gasteiger partial charge in [-0.3, -0.25) is 4.79 Å². The number of nitrogens with one attached hydrogen (secondary N) is 2. The highest BCUT2D eigenvalue weighted by Gasteiger charge is 2.47. The van der Waals surface area contributed by atoms with E-state index in [1.165, 1.54) is 6.33 Å². The minimum absolute atomic E-state index is 0.125. The Kier molecular flexibility index (Phi) is 2.47. The van der Waals surface area contributed by atoms with Crippen LogP contribution in [0.5, 0.6) is 0 Å². The number of aromatic nitrogens is 2. The lowest BCUT2D eigenvalue weighted by Crippen LogP contribution is -2.58. The van der Waals surface area contributed by atoms with E-state index in [1.54, 1.807) is 0 Å². The maximum absolute atomic E-state index is 11.8. The van der Waals surface area contributed by atoms with Crippen LogP contribution in [0, 0.1) is 0 Å². The van der Waals surface area contributed by atoms with Crippen LogP contribution in [0.15, 0.2) is 17.6 Å². The average molecular weight is 245 g/mol. The molecular formula is C8H11N3O4S. The average Bonchev–Trinajstić information content (AvgIpc) is 2.63. The molecule has 88 valence electrons. The van der Waals surface area contributed by atoms with E-state index in [2.05, 4.69) is 14.7 Å². The molecule has 0 unspecified atom stereocenters. The van der Waals surface area contributed by atoms with Crippen molar-refractivity contribution in [2.75, 3.05) is 0 Å². The lowest BCUT2D eigenvalue weighted by molar-refractivity contribution is -0.147. The first-order chi connectivity index (χ1) is 7.46. The number of carbonyl (C=O) groups is 1. The fourth-order valence-corrected chi connectivity index (χ4v) is 2.92. The number of hydrogen-bond donors (Lipinski definition) is 3. The molecule has 8 heteroatoms. The van der Waals surface area contributed by atoms with Crippen LogP contribution in [-0.4, -0.2) is 35.0 Å². The van der Waals surface area contributed by atoms with E-state index >= 15 is 0 Å². The number of nitrogens with zero attached hydrogens (tertiary/aromatic N) is 1. The van der Waals surface area contributed by atoms with Gasteiger partial charge >= 0.3 is 5.97 Å². The van der Waals surface area contributed by atoms with Gasteiger partial charge in [0, 0.05) is 0 Å². The SMILES string of the molecule is O=C(O)C1(NS(=O)(=O)c2cnc[nH]2)CCC1. The second kappa shape index (κ2) is 3.56. The summed E-state index contributed by atoms with van der Waals surface area (Å²) in [5.41, 5.74) is -1.34. The van der Waals surface area contributed by atoms with E-state index < -0.39 is 21.5 Å². The molecule has 1 aromatic rings. The van der Waals surface area contributed by atoms with E-state index in [-0.39, 0.29) is 5.03 Å². The summed E-state index contributed by atoms with van der Waals surface area (Å²) in [4.78, 5) is 17.0. The number of carboxylic acids is 1. The van der Waals surface area contributed by atoms with Crippen LogP contribution in [-0.2, 0) is 14.8 Å². The highest BCUT2D eigenvalue weighted by Crippen LogP contribution is 2.33. The Bertz CT molecular complexity index is 489. The van der Waals surface area contributed by atoms with Crippen molar-refractivity contribution < 1.29 is 18.3 Å². The van der Waals surface area contributed by atoms with Crippen LogP contribution in [0.1, 0.15) is 19.3 Å². The van der Waals surface area contributed by atoms with E-state index in [9.17, 15) is 13.2 Å². The van der Waals surface area contributed by atoms with E-state index in [4.69, 9.17) is 5.11 Å². The van der Waals surface area contributed by atoms with E-state index in [0.717, 1.165) is 6.20 Å². The predicted molar refractivity (Wildman–Crippen MR) is 53.1 cm³/mol. The standard InChI is InChI=1S/C8H11N3O4S/c12-7(13)8(2-1-3-8)11-16(14,15)6-4-9-5-10-6/h4-5,11H,1-3H2,(H,9,10)(H,12,13). The van der Waals surface area contributed by atoms with Gasteiger partial charge in [0.05, 0.1) is 12.5 Å². The lowest BCUT2D eigenvalue weighted by atomic mass is 9.78. The largest absolute Gasteiger partial charge is 0.480 e. The molecule has 0 radical (unpaired) electrons. The van der Waals surface area contributed by atoms with Crippen molar-refractivity contribution in [3.63, 3.8) is 0 Å². The molecule has 2 rings (SSSR count). The van der Waals surface area contributed by atoms with Crippen molar-refractivity contribution in [1.82, 2.24) is 14.7 Å². The molecule has 0 amide bonds. The van der Waals surface area contributed by atoms with Crippen LogP contribution < -0.4 is 4.72 Å². The minimum atomic E-state index is -3.83. The Balaban J connectivity index is 2.25. The Morgan fingerprint density at radius 3 is 2.62 bits per heavy atom. The normalized spacial score (nSPS) is 19.0. The lowest BCUT2D eigenvalue weighted by Gasteiger charge is -2.37. The number of sulfonamides is 1. The molecule has 1 aliphatic rings. The third-order valence-corrected chi connectivity index (χ3v) is 4.17. The summed E-state index contributed by atoms with van der Waals surface area (Å²) in [6, 6.07) is 0. The van der Waals surface area contributed by atoms with Crippen molar-refractivity contribution >= 4 is 16.0 Å². The molecule has 16 heavy (non-hydrogen) atoms. The number of carboxylic acid groups (broad SMARTS) is 1. The summed E-state index contributed by atoms with van der Waals surface area (Å²) in [6.07, 6.45) is 3.70. The zero-order valence-corrected chi connectivity index (χ0v) is 9.12. The van der Waals surface area contributed by atoms with Gasteiger partial charge < -0.3 is 10.1 Å². The zero-order valence-electron chi connectivity index (χ0n) is 8.30. The summed E-state index contributed by atoms with van der Waals surface area (Å²) >= 11 is 0. The molecule has 0 aromatic carbocycles. The molecule has 1 aliphatic carbocycles. The summed E-state index contributed by atoms with van der Waals surface area (Å²) in [7, 11) is -3.83. The molecule has 0 aliphatic heterocycles. The fraction of sp³-hybridized carbons (Fsp3) is 0.500. The molecule has 0 bridgehead atoms. The maximum atomic E-state index is 11.8. The van der Waals surface area contributed by atoms with Gasteiger partial charge in [-0.25, -0.2) is 13.4 Å². The van der Waals surface area contributed by atoms with E-state index in [1.807, 2.05) is 0 Å². The van der Waals surface area contributed by atoms with Crippen molar-refractivity contribution in [2.24, 2.45) is 0 Å². The van der Waals surface area contributed by atoms with Gasteiger partial charge in [0.15, 0.2) is 5.03 Å². The molecule has 1 saturated carbocycles. The highest BCUT2D eigenvalue weighted by molar-refractivity contribution is 7.89. The first kappa shape index (κ1) is 11.1. The molecule has 0 saturated heterocycles. The number of aromatic amines is 1. The third kappa shape index (κ3) is 1.69. The number of aliphatic carboxylic acids is 1. The topological polar surface area (TPSA) is 112 Å². The van der Waals surface area contributed by atoms with Crippen molar-refractivity contribution in [2.45, 2.75) is 29.8 Å². The summed E-state index contributed by atoms with van der Waals surface area (Å²) in [6.45, 7) is 0. The van der Waals surface area contributed by atoms with Gasteiger partial charge in [0.2, 0.25) is 0 Å². The number of hydrogen-bond acceptors (Lipinski definition) is 4. The van der Waals surface area contributed by atoms with Crippen molar-refractivity contribution in [3.05, 3.63) is 12.5 Å². The van der Waals surface area contributed by atoms with Gasteiger partial charge in [-0.2, -0.15) is 4.72 Å². The van der Waals surface area contributed by atoms with Crippen LogP contribution >= 0.6 is 0 Å². The number of H-pyrrole nitrogens is 1. The summed E-state index contributed by atoms with van der Waals surface area (Å²) in [5.74, 6) is -1.14. The third-order valence-electron chi connectivity index (χ3n) is 2.71. The quantitative estimate of drug-likeness (QED) is 0.674. The van der Waals surface area contributed by atoms with Gasteiger partial charge in [-0.15, -0.1) is 0 Å². The van der Waals surface area contributed by atoms with Crippen LogP contribution in [0.2, 0.25) is 0 Å². The fourth-order valence-electron chi connectivity index (χ4n) is 1.59. The Morgan fingerprint density at radius 1 is 1.56 bits per heavy atom. The van der Waals surface area contributed by atoms with Crippen LogP contribution in [0.3, 0.4) is 0 Å². The molecular weight excluding hydrogens is 234 g/mol. The Labute approximate surface area is 91.9 Å². The zero-order chi connectivity index (χ0) is 11.8. The molecule has 3 N–H and O–H groups in total. The smallest absolute Gasteiger partial charge is 0.324 e. The van der Waals surface area contributed by atoms with Crippen molar-refractivity contribution in [1.29, 1.82) is 0 Å². The van der Waals surface area contributed by atoms with Gasteiger partial charge in [-0.1, -0.05) is 0 Å². The van der Waals surface area contributed by atoms with Crippen LogP contribution in [0.4, 0.5) is 0 Å². The maximum Gasteiger partial charge on any atom is 0.324 e.